The lowest BCUT2D eigenvalue weighted by Gasteiger charge is -2.44. The second-order valence-electron chi connectivity index (χ2n) is 8.73. The Morgan fingerprint density at radius 2 is 1.97 bits per heavy atom. The first kappa shape index (κ1) is 20.7. The molecule has 0 saturated carbocycles. The maximum absolute atomic E-state index is 13.9. The molecule has 3 saturated heterocycles. The van der Waals surface area contributed by atoms with Crippen molar-refractivity contribution in [3.8, 4) is 0 Å². The van der Waals surface area contributed by atoms with Crippen LogP contribution in [0.3, 0.4) is 0 Å². The molecule has 3 fully saturated rings. The molecule has 166 valence electrons. The number of hydrogen-bond acceptors (Lipinski definition) is 8. The van der Waals surface area contributed by atoms with Crippen molar-refractivity contribution < 1.29 is 28.5 Å². The van der Waals surface area contributed by atoms with Gasteiger partial charge in [-0.05, 0) is 43.1 Å². The van der Waals surface area contributed by atoms with Crippen LogP contribution in [-0.2, 0) is 15.9 Å². The number of hydrogen-bond donors (Lipinski definition) is 4. The van der Waals surface area contributed by atoms with Crippen LogP contribution in [-0.4, -0.2) is 83.8 Å². The number of aliphatic hydroxyl groups is 2. The van der Waals surface area contributed by atoms with Crippen molar-refractivity contribution in [3.05, 3.63) is 34.9 Å². The molecular weight excluding hydrogens is 398 g/mol. The van der Waals surface area contributed by atoms with Gasteiger partial charge in [0.1, 0.15) is 30.6 Å². The fourth-order valence-corrected chi connectivity index (χ4v) is 5.49. The SMILES string of the molecule is CN1CNC(N)C2CCN([C@@H]3O[C@H]([C@@H]4OCCc5cc(F)c(F)cc54)[C@@H](O)[C@H]3O)C21. The van der Waals surface area contributed by atoms with Crippen LogP contribution in [0.2, 0.25) is 0 Å². The fourth-order valence-electron chi connectivity index (χ4n) is 5.49. The molecule has 0 bridgehead atoms. The van der Waals surface area contributed by atoms with Crippen LogP contribution in [0.4, 0.5) is 8.78 Å². The molecule has 8 atom stereocenters. The molecule has 10 heteroatoms. The van der Waals surface area contributed by atoms with Crippen molar-refractivity contribution in [2.75, 3.05) is 26.9 Å². The van der Waals surface area contributed by atoms with Crippen molar-refractivity contribution in [2.24, 2.45) is 11.7 Å². The zero-order valence-electron chi connectivity index (χ0n) is 16.7. The molecule has 1 aromatic rings. The predicted octanol–water partition coefficient (Wildman–Crippen LogP) is -0.549. The van der Waals surface area contributed by atoms with E-state index in [4.69, 9.17) is 15.2 Å². The average molecular weight is 426 g/mol. The van der Waals surface area contributed by atoms with E-state index in [0.29, 0.717) is 37.4 Å². The number of aliphatic hydroxyl groups excluding tert-OH is 2. The third kappa shape index (κ3) is 3.18. The first-order valence-electron chi connectivity index (χ1n) is 10.4. The van der Waals surface area contributed by atoms with E-state index in [-0.39, 0.29) is 18.2 Å². The Morgan fingerprint density at radius 3 is 2.77 bits per heavy atom. The molecular formula is C20H28F2N4O4. The van der Waals surface area contributed by atoms with Gasteiger partial charge in [0.15, 0.2) is 11.6 Å². The summed E-state index contributed by atoms with van der Waals surface area (Å²) in [5, 5.41) is 24.9. The maximum Gasteiger partial charge on any atom is 0.159 e. The standard InChI is InChI=1S/C20H28F2N4O4/c1-25-8-24-18(23)10-2-4-26(19(10)25)20-15(28)14(27)17(30-20)16-11-7-13(22)12(21)6-9(11)3-5-29-16/h6-7,10,14-20,24,27-28H,2-5,8,23H2,1H3/t10?,14-,15+,16+,17-,18?,19?,20+/m0/s1. The average Bonchev–Trinajstić information content (AvgIpc) is 3.29. The Hall–Kier alpha value is -1.24. The summed E-state index contributed by atoms with van der Waals surface area (Å²) >= 11 is 0. The highest BCUT2D eigenvalue weighted by Crippen LogP contribution is 2.41. The first-order chi connectivity index (χ1) is 14.4. The quantitative estimate of drug-likeness (QED) is 0.500. The van der Waals surface area contributed by atoms with Crippen LogP contribution in [0.25, 0.3) is 0 Å². The molecule has 3 unspecified atom stereocenters. The topological polar surface area (TPSA) is 103 Å². The van der Waals surface area contributed by atoms with Gasteiger partial charge in [0.2, 0.25) is 0 Å². The highest BCUT2D eigenvalue weighted by Gasteiger charge is 2.55. The van der Waals surface area contributed by atoms with Crippen molar-refractivity contribution in [1.29, 1.82) is 0 Å². The van der Waals surface area contributed by atoms with Crippen LogP contribution < -0.4 is 11.1 Å². The lowest BCUT2D eigenvalue weighted by molar-refractivity contribution is -0.155. The molecule has 0 radical (unpaired) electrons. The first-order valence-corrected chi connectivity index (χ1v) is 10.4. The Balaban J connectivity index is 1.41. The van der Waals surface area contributed by atoms with Crippen molar-refractivity contribution in [1.82, 2.24) is 15.1 Å². The van der Waals surface area contributed by atoms with Gasteiger partial charge in [-0.2, -0.15) is 0 Å². The van der Waals surface area contributed by atoms with E-state index in [0.717, 1.165) is 12.5 Å². The molecule has 4 aliphatic heterocycles. The molecule has 1 aromatic carbocycles. The summed E-state index contributed by atoms with van der Waals surface area (Å²) in [4.78, 5) is 4.15. The number of rotatable bonds is 2. The zero-order chi connectivity index (χ0) is 21.2. The van der Waals surface area contributed by atoms with Crippen LogP contribution >= 0.6 is 0 Å². The van der Waals surface area contributed by atoms with E-state index in [1.165, 1.54) is 6.07 Å². The summed E-state index contributed by atoms with van der Waals surface area (Å²) in [7, 11) is 1.97. The molecule has 0 aliphatic carbocycles. The monoisotopic (exact) mass is 426 g/mol. The predicted molar refractivity (Wildman–Crippen MR) is 102 cm³/mol. The number of fused-ring (bicyclic) bond motifs is 2. The molecule has 30 heavy (non-hydrogen) atoms. The molecule has 0 amide bonds. The molecule has 0 aromatic heterocycles. The largest absolute Gasteiger partial charge is 0.387 e. The lowest BCUT2D eigenvalue weighted by Crippen LogP contribution is -2.64. The minimum absolute atomic E-state index is 0.0297. The van der Waals surface area contributed by atoms with E-state index in [1.54, 1.807) is 0 Å². The Morgan fingerprint density at radius 1 is 1.20 bits per heavy atom. The minimum Gasteiger partial charge on any atom is -0.387 e. The molecule has 8 nitrogen and oxygen atoms in total. The smallest absolute Gasteiger partial charge is 0.159 e. The van der Waals surface area contributed by atoms with E-state index in [1.807, 2.05) is 11.9 Å². The van der Waals surface area contributed by atoms with Crippen molar-refractivity contribution in [3.63, 3.8) is 0 Å². The van der Waals surface area contributed by atoms with Crippen LogP contribution in [0.1, 0.15) is 23.7 Å². The molecule has 0 spiro atoms. The van der Waals surface area contributed by atoms with Crippen molar-refractivity contribution in [2.45, 2.75) is 55.8 Å². The number of nitrogens with one attached hydrogen (secondary N) is 1. The van der Waals surface area contributed by atoms with Crippen molar-refractivity contribution >= 4 is 0 Å². The summed E-state index contributed by atoms with van der Waals surface area (Å²) in [5.74, 6) is -1.71. The van der Waals surface area contributed by atoms with E-state index < -0.39 is 42.3 Å². The van der Waals surface area contributed by atoms with Crippen LogP contribution in [0, 0.1) is 17.6 Å². The lowest BCUT2D eigenvalue weighted by atomic mass is 9.91. The van der Waals surface area contributed by atoms with Gasteiger partial charge in [0, 0.05) is 12.5 Å². The third-order valence-electron chi connectivity index (χ3n) is 6.99. The fraction of sp³-hybridized carbons (Fsp3) is 0.700. The summed E-state index contributed by atoms with van der Waals surface area (Å²) in [5.41, 5.74) is 7.31. The summed E-state index contributed by atoms with van der Waals surface area (Å²) in [6, 6.07) is 2.28. The second kappa shape index (κ2) is 7.72. The minimum atomic E-state index is -1.22. The molecule has 5 rings (SSSR count). The zero-order valence-corrected chi connectivity index (χ0v) is 16.7. The van der Waals surface area contributed by atoms with Gasteiger partial charge in [-0.25, -0.2) is 8.78 Å². The van der Waals surface area contributed by atoms with E-state index in [9.17, 15) is 19.0 Å². The highest BCUT2D eigenvalue weighted by atomic mass is 19.2. The van der Waals surface area contributed by atoms with Gasteiger partial charge in [-0.15, -0.1) is 0 Å². The maximum atomic E-state index is 13.9. The van der Waals surface area contributed by atoms with Gasteiger partial charge in [0.25, 0.3) is 0 Å². The number of halogens is 2. The summed E-state index contributed by atoms with van der Waals surface area (Å²) in [6.07, 6.45) is -3.70. The molecule has 4 heterocycles. The summed E-state index contributed by atoms with van der Waals surface area (Å²) in [6.45, 7) is 1.57. The van der Waals surface area contributed by atoms with Gasteiger partial charge in [-0.3, -0.25) is 15.1 Å². The normalized spacial score (nSPS) is 42.3. The number of ether oxygens (including phenoxy) is 2. The van der Waals surface area contributed by atoms with Crippen LogP contribution in [0.5, 0.6) is 0 Å². The van der Waals surface area contributed by atoms with Gasteiger partial charge < -0.3 is 25.4 Å². The van der Waals surface area contributed by atoms with Gasteiger partial charge >= 0.3 is 0 Å². The summed E-state index contributed by atoms with van der Waals surface area (Å²) < 4.78 is 39.6. The molecule has 5 N–H and O–H groups in total. The van der Waals surface area contributed by atoms with Gasteiger partial charge in [-0.1, -0.05) is 0 Å². The Bertz CT molecular complexity index is 817. The highest BCUT2D eigenvalue weighted by molar-refractivity contribution is 5.34. The Labute approximate surface area is 173 Å². The number of nitrogens with zero attached hydrogens (tertiary/aromatic N) is 2. The van der Waals surface area contributed by atoms with Crippen LogP contribution in [0.15, 0.2) is 12.1 Å². The number of benzene rings is 1. The molecule has 4 aliphatic rings. The van der Waals surface area contributed by atoms with Gasteiger partial charge in [0.05, 0.1) is 25.6 Å². The van der Waals surface area contributed by atoms with E-state index >= 15 is 0 Å². The number of nitrogens with two attached hydrogens (primary N) is 1. The third-order valence-corrected chi connectivity index (χ3v) is 6.99. The number of likely N-dealkylation sites (tertiary alicyclic amines) is 1. The second-order valence-corrected chi connectivity index (χ2v) is 8.73. The Kier molecular flexibility index (Phi) is 5.31. The van der Waals surface area contributed by atoms with E-state index in [2.05, 4.69) is 10.2 Å².